The highest BCUT2D eigenvalue weighted by Crippen LogP contribution is 2.33. The minimum atomic E-state index is -3.59. The molecule has 21 heavy (non-hydrogen) atoms. The molecule has 0 aliphatic carbocycles. The quantitative estimate of drug-likeness (QED) is 0.903. The van der Waals surface area contributed by atoms with Crippen LogP contribution in [0.4, 0.5) is 0 Å². The molecular formula is C14H16N2O4S. The molecule has 6 nitrogen and oxygen atoms in total. The molecule has 0 radical (unpaired) electrons. The van der Waals surface area contributed by atoms with E-state index in [1.165, 1.54) is 12.1 Å². The summed E-state index contributed by atoms with van der Waals surface area (Å²) in [7, 11) is -3.59. The highest BCUT2D eigenvalue weighted by atomic mass is 32.2. The van der Waals surface area contributed by atoms with E-state index < -0.39 is 10.0 Å². The summed E-state index contributed by atoms with van der Waals surface area (Å²) >= 11 is 0. The van der Waals surface area contributed by atoms with E-state index in [-0.39, 0.29) is 18.2 Å². The molecule has 1 aliphatic rings. The topological polar surface area (TPSA) is 80.4 Å². The van der Waals surface area contributed by atoms with E-state index in [2.05, 4.69) is 9.71 Å². The van der Waals surface area contributed by atoms with Crippen molar-refractivity contribution >= 4 is 10.0 Å². The van der Waals surface area contributed by atoms with Crippen molar-refractivity contribution < 1.29 is 17.9 Å². The maximum atomic E-state index is 12.3. The van der Waals surface area contributed by atoms with Gasteiger partial charge >= 0.3 is 0 Å². The maximum Gasteiger partial charge on any atom is 0.241 e. The molecule has 0 saturated heterocycles. The third-order valence-electron chi connectivity index (χ3n) is 3.36. The number of aromatic amines is 1. The first-order chi connectivity index (χ1) is 9.95. The Labute approximate surface area is 123 Å². The number of nitrogens with one attached hydrogen (secondary N) is 2. The zero-order chi connectivity index (χ0) is 15.0. The summed E-state index contributed by atoms with van der Waals surface area (Å²) in [6, 6.07) is 6.51. The molecule has 0 atom stereocenters. The highest BCUT2D eigenvalue weighted by molar-refractivity contribution is 7.89. The van der Waals surface area contributed by atoms with Gasteiger partial charge in [-0.1, -0.05) is 0 Å². The SMILES string of the molecule is Cc1cc(CNS(=O)(=O)c2ccc3c(c2)OCO3)c(C)[nH]1. The molecule has 2 N–H and O–H groups in total. The smallest absolute Gasteiger partial charge is 0.241 e. The zero-order valence-electron chi connectivity index (χ0n) is 11.8. The summed E-state index contributed by atoms with van der Waals surface area (Å²) in [5.41, 5.74) is 2.89. The van der Waals surface area contributed by atoms with Crippen molar-refractivity contribution in [1.29, 1.82) is 0 Å². The molecule has 1 aliphatic heterocycles. The summed E-state index contributed by atoms with van der Waals surface area (Å²) in [6.45, 7) is 4.21. The summed E-state index contributed by atoms with van der Waals surface area (Å²) < 4.78 is 37.6. The Morgan fingerprint density at radius 3 is 2.67 bits per heavy atom. The van der Waals surface area contributed by atoms with Gasteiger partial charge in [0.05, 0.1) is 4.90 Å². The van der Waals surface area contributed by atoms with Gasteiger partial charge in [0, 0.05) is 24.0 Å². The number of aromatic nitrogens is 1. The standard InChI is InChI=1S/C14H16N2O4S/c1-9-5-11(10(2)16-9)7-15-21(17,18)12-3-4-13-14(6-12)20-8-19-13/h3-6,15-16H,7-8H2,1-2H3. The highest BCUT2D eigenvalue weighted by Gasteiger charge is 2.20. The number of rotatable bonds is 4. The van der Waals surface area contributed by atoms with Crippen LogP contribution in [0.15, 0.2) is 29.2 Å². The third-order valence-corrected chi connectivity index (χ3v) is 4.76. The number of H-pyrrole nitrogens is 1. The Morgan fingerprint density at radius 2 is 1.95 bits per heavy atom. The van der Waals surface area contributed by atoms with Gasteiger partial charge in [-0.25, -0.2) is 13.1 Å². The number of hydrogen-bond acceptors (Lipinski definition) is 4. The maximum absolute atomic E-state index is 12.3. The van der Waals surface area contributed by atoms with Crippen LogP contribution in [-0.4, -0.2) is 20.2 Å². The predicted molar refractivity (Wildman–Crippen MR) is 76.9 cm³/mol. The summed E-state index contributed by atoms with van der Waals surface area (Å²) in [6.07, 6.45) is 0. The normalized spacial score (nSPS) is 13.6. The van der Waals surface area contributed by atoms with Crippen molar-refractivity contribution in [3.05, 3.63) is 41.2 Å². The second kappa shape index (κ2) is 5.09. The third kappa shape index (κ3) is 2.74. The Hall–Kier alpha value is -1.99. The summed E-state index contributed by atoms with van der Waals surface area (Å²) in [4.78, 5) is 3.31. The lowest BCUT2D eigenvalue weighted by Crippen LogP contribution is -2.23. The van der Waals surface area contributed by atoms with Crippen LogP contribution in [0.2, 0.25) is 0 Å². The van der Waals surface area contributed by atoms with Gasteiger partial charge in [0.15, 0.2) is 11.5 Å². The van der Waals surface area contributed by atoms with Gasteiger partial charge in [0.2, 0.25) is 16.8 Å². The van der Waals surface area contributed by atoms with Crippen molar-refractivity contribution in [1.82, 2.24) is 9.71 Å². The molecule has 0 bridgehead atoms. The number of benzene rings is 1. The van der Waals surface area contributed by atoms with Gasteiger partial charge in [-0.3, -0.25) is 0 Å². The fourth-order valence-corrected chi connectivity index (χ4v) is 3.29. The second-order valence-electron chi connectivity index (χ2n) is 4.94. The first-order valence-corrected chi connectivity index (χ1v) is 7.98. The molecule has 3 rings (SSSR count). The average molecular weight is 308 g/mol. The van der Waals surface area contributed by atoms with E-state index in [1.54, 1.807) is 6.07 Å². The fourth-order valence-electron chi connectivity index (χ4n) is 2.27. The molecule has 0 fully saturated rings. The van der Waals surface area contributed by atoms with Gasteiger partial charge in [-0.2, -0.15) is 0 Å². The monoisotopic (exact) mass is 308 g/mol. The van der Waals surface area contributed by atoms with Crippen molar-refractivity contribution in [2.75, 3.05) is 6.79 Å². The van der Waals surface area contributed by atoms with E-state index in [1.807, 2.05) is 19.9 Å². The Morgan fingerprint density at radius 1 is 1.19 bits per heavy atom. The molecule has 7 heteroatoms. The molecule has 0 unspecified atom stereocenters. The zero-order valence-corrected chi connectivity index (χ0v) is 12.6. The first-order valence-electron chi connectivity index (χ1n) is 6.50. The van der Waals surface area contributed by atoms with Crippen molar-refractivity contribution in [2.24, 2.45) is 0 Å². The Balaban J connectivity index is 1.79. The van der Waals surface area contributed by atoms with Crippen LogP contribution >= 0.6 is 0 Å². The first kappa shape index (κ1) is 14.0. The van der Waals surface area contributed by atoms with Crippen LogP contribution in [0.5, 0.6) is 11.5 Å². The summed E-state index contributed by atoms with van der Waals surface area (Å²) in [5, 5.41) is 0. The van der Waals surface area contributed by atoms with Crippen molar-refractivity contribution in [2.45, 2.75) is 25.3 Å². The van der Waals surface area contributed by atoms with E-state index in [4.69, 9.17) is 9.47 Å². The van der Waals surface area contributed by atoms with Gasteiger partial charge in [0.1, 0.15) is 0 Å². The number of hydrogen-bond donors (Lipinski definition) is 2. The number of ether oxygens (including phenoxy) is 2. The van der Waals surface area contributed by atoms with Crippen molar-refractivity contribution in [3.63, 3.8) is 0 Å². The number of sulfonamides is 1. The van der Waals surface area contributed by atoms with Crippen molar-refractivity contribution in [3.8, 4) is 11.5 Å². The van der Waals surface area contributed by atoms with Gasteiger partial charge < -0.3 is 14.5 Å². The Kier molecular flexibility index (Phi) is 3.38. The minimum absolute atomic E-state index is 0.119. The second-order valence-corrected chi connectivity index (χ2v) is 6.71. The molecule has 0 spiro atoms. The lowest BCUT2D eigenvalue weighted by molar-refractivity contribution is 0.174. The van der Waals surface area contributed by atoms with E-state index >= 15 is 0 Å². The van der Waals surface area contributed by atoms with Crippen LogP contribution in [0.3, 0.4) is 0 Å². The number of fused-ring (bicyclic) bond motifs is 1. The van der Waals surface area contributed by atoms with Crippen LogP contribution in [0.25, 0.3) is 0 Å². The molecule has 112 valence electrons. The van der Waals surface area contributed by atoms with Gasteiger partial charge in [-0.05, 0) is 37.6 Å². The molecule has 1 aromatic heterocycles. The van der Waals surface area contributed by atoms with Crippen LogP contribution in [0, 0.1) is 13.8 Å². The molecule has 0 amide bonds. The summed E-state index contributed by atoms with van der Waals surface area (Å²) in [5.74, 6) is 1.01. The fraction of sp³-hybridized carbons (Fsp3) is 0.286. The molecular weight excluding hydrogens is 292 g/mol. The van der Waals surface area contributed by atoms with Crippen LogP contribution < -0.4 is 14.2 Å². The molecule has 2 aromatic rings. The minimum Gasteiger partial charge on any atom is -0.454 e. The molecule has 2 heterocycles. The van der Waals surface area contributed by atoms with E-state index in [0.29, 0.717) is 11.5 Å². The molecule has 1 aromatic carbocycles. The van der Waals surface area contributed by atoms with Crippen LogP contribution in [0.1, 0.15) is 17.0 Å². The predicted octanol–water partition coefficient (Wildman–Crippen LogP) is 1.84. The molecule has 0 saturated carbocycles. The van der Waals surface area contributed by atoms with Gasteiger partial charge in [-0.15, -0.1) is 0 Å². The average Bonchev–Trinajstić information content (AvgIpc) is 3.01. The lowest BCUT2D eigenvalue weighted by atomic mass is 10.2. The Bertz CT molecular complexity index is 780. The number of aryl methyl sites for hydroxylation is 2. The largest absolute Gasteiger partial charge is 0.454 e. The van der Waals surface area contributed by atoms with Gasteiger partial charge in [0.25, 0.3) is 0 Å². The van der Waals surface area contributed by atoms with E-state index in [9.17, 15) is 8.42 Å². The van der Waals surface area contributed by atoms with Crippen LogP contribution in [-0.2, 0) is 16.6 Å². The lowest BCUT2D eigenvalue weighted by Gasteiger charge is -2.07. The van der Waals surface area contributed by atoms with E-state index in [0.717, 1.165) is 17.0 Å².